The van der Waals surface area contributed by atoms with Gasteiger partial charge in [-0.15, -0.1) is 5.10 Å². The summed E-state index contributed by atoms with van der Waals surface area (Å²) in [6.07, 6.45) is 4.33. The van der Waals surface area contributed by atoms with Crippen molar-refractivity contribution in [2.45, 2.75) is 19.9 Å². The largest absolute Gasteiger partial charge is 0.486 e. The van der Waals surface area contributed by atoms with Crippen molar-refractivity contribution >= 4 is 11.7 Å². The molecule has 0 radical (unpaired) electrons. The van der Waals surface area contributed by atoms with E-state index in [4.69, 9.17) is 9.47 Å². The van der Waals surface area contributed by atoms with Crippen LogP contribution < -0.4 is 14.8 Å². The van der Waals surface area contributed by atoms with E-state index in [-0.39, 0.29) is 12.5 Å². The number of benzene rings is 1. The molecule has 0 aliphatic carbocycles. The van der Waals surface area contributed by atoms with E-state index in [1.54, 1.807) is 17.9 Å². The Morgan fingerprint density at radius 1 is 1.22 bits per heavy atom. The third-order valence-corrected chi connectivity index (χ3v) is 4.21. The van der Waals surface area contributed by atoms with Crippen LogP contribution in [-0.2, 0) is 24.8 Å². The number of ether oxygens (including phenoxy) is 2. The molecule has 3 aromatic rings. The number of amides is 1. The van der Waals surface area contributed by atoms with Gasteiger partial charge in [-0.3, -0.25) is 14.2 Å². The lowest BCUT2D eigenvalue weighted by Crippen LogP contribution is -2.19. The second-order valence-electron chi connectivity index (χ2n) is 6.24. The van der Waals surface area contributed by atoms with Crippen molar-refractivity contribution in [1.29, 1.82) is 0 Å². The highest BCUT2D eigenvalue weighted by molar-refractivity contribution is 5.89. The summed E-state index contributed by atoms with van der Waals surface area (Å²) in [4.78, 5) is 12.2. The van der Waals surface area contributed by atoms with E-state index in [1.165, 1.54) is 4.68 Å². The van der Waals surface area contributed by atoms with Crippen LogP contribution in [0.5, 0.6) is 11.5 Å². The fourth-order valence-corrected chi connectivity index (χ4v) is 2.97. The molecule has 140 valence electrons. The maximum absolute atomic E-state index is 12.2. The van der Waals surface area contributed by atoms with Gasteiger partial charge in [0.15, 0.2) is 17.3 Å². The van der Waals surface area contributed by atoms with Crippen LogP contribution in [0.4, 0.5) is 5.82 Å². The van der Waals surface area contributed by atoms with E-state index in [0.29, 0.717) is 19.0 Å². The number of nitrogens with one attached hydrogen (secondary N) is 1. The zero-order valence-corrected chi connectivity index (χ0v) is 15.2. The van der Waals surface area contributed by atoms with Gasteiger partial charge in [-0.05, 0) is 30.2 Å². The molecule has 27 heavy (non-hydrogen) atoms. The maximum atomic E-state index is 12.2. The third-order valence-electron chi connectivity index (χ3n) is 4.21. The zero-order chi connectivity index (χ0) is 18.8. The molecular weight excluding hydrogens is 348 g/mol. The summed E-state index contributed by atoms with van der Waals surface area (Å²) in [6, 6.07) is 5.78. The van der Waals surface area contributed by atoms with Gasteiger partial charge in [0.2, 0.25) is 5.91 Å². The second kappa shape index (κ2) is 7.10. The highest BCUT2D eigenvalue weighted by Gasteiger charge is 2.17. The molecule has 1 aliphatic heterocycles. The molecule has 0 unspecified atom stereocenters. The Hall–Kier alpha value is -3.36. The monoisotopic (exact) mass is 368 g/mol. The number of carbonyl (C=O) groups is 1. The van der Waals surface area contributed by atoms with Crippen LogP contribution in [0.15, 0.2) is 30.6 Å². The SMILES string of the molecule is CCc1cn(CC(=O)Nc2cn(C)nn2)nc1-c1ccc2c(c1)OCCO2. The number of aryl methyl sites for hydroxylation is 2. The molecule has 0 atom stereocenters. The molecule has 1 aromatic carbocycles. The number of aromatic nitrogens is 5. The van der Waals surface area contributed by atoms with E-state index >= 15 is 0 Å². The standard InChI is InChI=1S/C18H20N6O3/c1-3-12-9-24(11-17(25)19-16-10-23(2)22-20-16)21-18(12)13-4-5-14-15(8-13)27-7-6-26-14/h4-5,8-10H,3,6-7,11H2,1-2H3,(H,19,25). The molecule has 9 heteroatoms. The number of hydrogen-bond acceptors (Lipinski definition) is 6. The van der Waals surface area contributed by atoms with Crippen molar-refractivity contribution in [3.05, 3.63) is 36.2 Å². The molecular formula is C18H20N6O3. The Labute approximate surface area is 155 Å². The first kappa shape index (κ1) is 17.1. The summed E-state index contributed by atoms with van der Waals surface area (Å²) in [5.41, 5.74) is 2.82. The molecule has 1 amide bonds. The van der Waals surface area contributed by atoms with Crippen LogP contribution in [0.25, 0.3) is 11.3 Å². The van der Waals surface area contributed by atoms with Gasteiger partial charge in [-0.2, -0.15) is 5.10 Å². The minimum atomic E-state index is -0.214. The minimum absolute atomic E-state index is 0.0914. The number of fused-ring (bicyclic) bond motifs is 1. The fraction of sp³-hybridized carbons (Fsp3) is 0.333. The molecule has 2 aromatic heterocycles. The molecule has 0 spiro atoms. The average molecular weight is 368 g/mol. The molecule has 9 nitrogen and oxygen atoms in total. The first-order valence-corrected chi connectivity index (χ1v) is 8.75. The first-order valence-electron chi connectivity index (χ1n) is 8.75. The van der Waals surface area contributed by atoms with E-state index in [9.17, 15) is 4.79 Å². The predicted octanol–water partition coefficient (Wildman–Crippen LogP) is 1.65. The molecule has 1 aliphatic rings. The van der Waals surface area contributed by atoms with Crippen molar-refractivity contribution in [3.63, 3.8) is 0 Å². The summed E-state index contributed by atoms with van der Waals surface area (Å²) in [5.74, 6) is 1.66. The topological polar surface area (TPSA) is 96.1 Å². The Morgan fingerprint density at radius 3 is 2.78 bits per heavy atom. The molecule has 1 N–H and O–H groups in total. The summed E-state index contributed by atoms with van der Waals surface area (Å²) in [6.45, 7) is 3.24. The smallest absolute Gasteiger partial charge is 0.247 e. The van der Waals surface area contributed by atoms with Gasteiger partial charge >= 0.3 is 0 Å². The molecule has 0 fully saturated rings. The Kier molecular flexibility index (Phi) is 4.49. The van der Waals surface area contributed by atoms with Gasteiger partial charge in [0, 0.05) is 18.8 Å². The van der Waals surface area contributed by atoms with Gasteiger partial charge in [0.25, 0.3) is 0 Å². The Balaban J connectivity index is 1.54. The summed E-state index contributed by atoms with van der Waals surface area (Å²) >= 11 is 0. The molecule has 0 saturated carbocycles. The zero-order valence-electron chi connectivity index (χ0n) is 15.2. The maximum Gasteiger partial charge on any atom is 0.247 e. The van der Waals surface area contributed by atoms with Gasteiger partial charge < -0.3 is 14.8 Å². The average Bonchev–Trinajstić information content (AvgIpc) is 3.27. The van der Waals surface area contributed by atoms with E-state index < -0.39 is 0 Å². The van der Waals surface area contributed by atoms with Crippen molar-refractivity contribution in [2.24, 2.45) is 7.05 Å². The lowest BCUT2D eigenvalue weighted by Gasteiger charge is -2.18. The normalized spacial score (nSPS) is 12.8. The van der Waals surface area contributed by atoms with E-state index in [2.05, 4.69) is 27.7 Å². The van der Waals surface area contributed by atoms with Crippen LogP contribution in [0.1, 0.15) is 12.5 Å². The van der Waals surface area contributed by atoms with Crippen LogP contribution in [0, 0.1) is 0 Å². The Morgan fingerprint density at radius 2 is 2.04 bits per heavy atom. The van der Waals surface area contributed by atoms with Crippen molar-refractivity contribution in [1.82, 2.24) is 24.8 Å². The highest BCUT2D eigenvalue weighted by atomic mass is 16.6. The number of rotatable bonds is 5. The highest BCUT2D eigenvalue weighted by Crippen LogP contribution is 2.35. The summed E-state index contributed by atoms with van der Waals surface area (Å²) < 4.78 is 14.4. The Bertz CT molecular complexity index is 977. The van der Waals surface area contributed by atoms with Crippen LogP contribution in [0.2, 0.25) is 0 Å². The van der Waals surface area contributed by atoms with Crippen molar-refractivity contribution in [3.8, 4) is 22.8 Å². The van der Waals surface area contributed by atoms with E-state index in [1.807, 2.05) is 24.4 Å². The van der Waals surface area contributed by atoms with Crippen molar-refractivity contribution in [2.75, 3.05) is 18.5 Å². The van der Waals surface area contributed by atoms with Gasteiger partial charge in [0.05, 0.1) is 11.9 Å². The van der Waals surface area contributed by atoms with E-state index in [0.717, 1.165) is 34.7 Å². The van der Waals surface area contributed by atoms with Gasteiger partial charge in [0.1, 0.15) is 19.8 Å². The molecule has 4 rings (SSSR count). The number of nitrogens with zero attached hydrogens (tertiary/aromatic N) is 5. The number of carbonyl (C=O) groups excluding carboxylic acids is 1. The van der Waals surface area contributed by atoms with Gasteiger partial charge in [-0.1, -0.05) is 12.1 Å². The van der Waals surface area contributed by atoms with Crippen LogP contribution in [-0.4, -0.2) is 43.9 Å². The molecule has 3 heterocycles. The number of anilines is 1. The lowest BCUT2D eigenvalue weighted by atomic mass is 10.1. The summed E-state index contributed by atoms with van der Waals surface area (Å²) in [7, 11) is 1.74. The molecule has 0 bridgehead atoms. The third kappa shape index (κ3) is 3.62. The minimum Gasteiger partial charge on any atom is -0.486 e. The molecule has 0 saturated heterocycles. The van der Waals surface area contributed by atoms with Gasteiger partial charge in [-0.25, -0.2) is 0 Å². The number of hydrogen-bond donors (Lipinski definition) is 1. The lowest BCUT2D eigenvalue weighted by molar-refractivity contribution is -0.116. The second-order valence-corrected chi connectivity index (χ2v) is 6.24. The van der Waals surface area contributed by atoms with Crippen LogP contribution >= 0.6 is 0 Å². The van der Waals surface area contributed by atoms with Crippen LogP contribution in [0.3, 0.4) is 0 Å². The predicted molar refractivity (Wildman–Crippen MR) is 97.7 cm³/mol. The summed E-state index contributed by atoms with van der Waals surface area (Å²) in [5, 5.41) is 15.0. The quantitative estimate of drug-likeness (QED) is 0.736. The fourth-order valence-electron chi connectivity index (χ4n) is 2.97. The van der Waals surface area contributed by atoms with Crippen molar-refractivity contribution < 1.29 is 14.3 Å². The first-order chi connectivity index (χ1) is 13.1.